The molecule has 1 aliphatic rings. The summed E-state index contributed by atoms with van der Waals surface area (Å²) in [6.07, 6.45) is 0.793. The molecule has 0 amide bonds. The van der Waals surface area contributed by atoms with Crippen molar-refractivity contribution < 1.29 is 13.2 Å². The van der Waals surface area contributed by atoms with Gasteiger partial charge in [-0.3, -0.25) is 4.72 Å². The summed E-state index contributed by atoms with van der Waals surface area (Å²) in [6.45, 7) is 3.72. The van der Waals surface area contributed by atoms with Gasteiger partial charge in [0.1, 0.15) is 0 Å². The molecule has 0 aliphatic carbocycles. The maximum absolute atomic E-state index is 12.2. The van der Waals surface area contributed by atoms with E-state index in [0.29, 0.717) is 32.0 Å². The summed E-state index contributed by atoms with van der Waals surface area (Å²) >= 11 is 0. The summed E-state index contributed by atoms with van der Waals surface area (Å²) in [4.78, 5) is 0. The third kappa shape index (κ3) is 3.01. The van der Waals surface area contributed by atoms with Gasteiger partial charge in [0.15, 0.2) is 0 Å². The van der Waals surface area contributed by atoms with E-state index in [1.165, 1.54) is 4.31 Å². The minimum Gasteiger partial charge on any atom is -0.379 e. The first kappa shape index (κ1) is 13.3. The number of benzene rings is 1. The number of ether oxygens (including phenoxy) is 1. The van der Waals surface area contributed by atoms with Gasteiger partial charge in [-0.25, -0.2) is 0 Å². The molecule has 2 rings (SSSR count). The predicted molar refractivity (Wildman–Crippen MR) is 70.8 cm³/mol. The standard InChI is InChI=1S/C12H18N2O3S/c1-2-11-5-3-4-6-12(11)13-18(15,16)14-7-9-17-10-8-14/h3-6,13H,2,7-10H2,1H3. The van der Waals surface area contributed by atoms with Gasteiger partial charge in [0.2, 0.25) is 0 Å². The number of hydrogen-bond donors (Lipinski definition) is 1. The molecule has 5 nitrogen and oxygen atoms in total. The molecule has 1 aliphatic heterocycles. The first-order chi connectivity index (χ1) is 8.63. The lowest BCUT2D eigenvalue weighted by atomic mass is 10.1. The van der Waals surface area contributed by atoms with Crippen LogP contribution in [0.25, 0.3) is 0 Å². The number of anilines is 1. The fourth-order valence-corrected chi connectivity index (χ4v) is 3.15. The molecule has 100 valence electrons. The highest BCUT2D eigenvalue weighted by molar-refractivity contribution is 7.90. The van der Waals surface area contributed by atoms with E-state index in [0.717, 1.165) is 12.0 Å². The van der Waals surface area contributed by atoms with Crippen molar-refractivity contribution in [1.29, 1.82) is 0 Å². The Morgan fingerprint density at radius 3 is 2.61 bits per heavy atom. The molecule has 6 heteroatoms. The monoisotopic (exact) mass is 270 g/mol. The van der Waals surface area contributed by atoms with Crippen LogP contribution in [-0.2, 0) is 21.4 Å². The zero-order valence-corrected chi connectivity index (χ0v) is 11.2. The Morgan fingerprint density at radius 1 is 1.28 bits per heavy atom. The van der Waals surface area contributed by atoms with Crippen molar-refractivity contribution in [3.8, 4) is 0 Å². The summed E-state index contributed by atoms with van der Waals surface area (Å²) in [5, 5.41) is 0. The highest BCUT2D eigenvalue weighted by atomic mass is 32.2. The molecule has 1 saturated heterocycles. The molecular weight excluding hydrogens is 252 g/mol. The third-order valence-corrected chi connectivity index (χ3v) is 4.47. The van der Waals surface area contributed by atoms with E-state index >= 15 is 0 Å². The smallest absolute Gasteiger partial charge is 0.301 e. The number of para-hydroxylation sites is 1. The van der Waals surface area contributed by atoms with E-state index in [9.17, 15) is 8.42 Å². The second-order valence-corrected chi connectivity index (χ2v) is 5.80. The number of morpholine rings is 1. The van der Waals surface area contributed by atoms with Gasteiger partial charge in [-0.15, -0.1) is 0 Å². The van der Waals surface area contributed by atoms with Gasteiger partial charge in [-0.05, 0) is 18.1 Å². The van der Waals surface area contributed by atoms with E-state index in [2.05, 4.69) is 4.72 Å². The van der Waals surface area contributed by atoms with Crippen LogP contribution in [0.2, 0.25) is 0 Å². The molecule has 0 saturated carbocycles. The third-order valence-electron chi connectivity index (χ3n) is 2.95. The molecule has 1 heterocycles. The lowest BCUT2D eigenvalue weighted by Crippen LogP contribution is -2.43. The van der Waals surface area contributed by atoms with Crippen molar-refractivity contribution in [3.05, 3.63) is 29.8 Å². The normalized spacial score (nSPS) is 17.6. The second kappa shape index (κ2) is 5.69. The van der Waals surface area contributed by atoms with Gasteiger partial charge in [0, 0.05) is 13.1 Å². The number of rotatable bonds is 4. The Bertz CT molecular complexity index is 496. The van der Waals surface area contributed by atoms with Crippen molar-refractivity contribution in [3.63, 3.8) is 0 Å². The van der Waals surface area contributed by atoms with E-state index in [1.807, 2.05) is 25.1 Å². The van der Waals surface area contributed by atoms with Crippen molar-refractivity contribution in [1.82, 2.24) is 4.31 Å². The van der Waals surface area contributed by atoms with Gasteiger partial charge < -0.3 is 4.74 Å². The largest absolute Gasteiger partial charge is 0.379 e. The number of nitrogens with one attached hydrogen (secondary N) is 1. The molecule has 0 spiro atoms. The Morgan fingerprint density at radius 2 is 1.94 bits per heavy atom. The zero-order valence-electron chi connectivity index (χ0n) is 10.4. The minimum atomic E-state index is -3.47. The zero-order chi connectivity index (χ0) is 13.0. The van der Waals surface area contributed by atoms with Crippen LogP contribution in [0.5, 0.6) is 0 Å². The van der Waals surface area contributed by atoms with E-state index in [-0.39, 0.29) is 0 Å². The molecule has 18 heavy (non-hydrogen) atoms. The van der Waals surface area contributed by atoms with Crippen LogP contribution in [0.3, 0.4) is 0 Å². The summed E-state index contributed by atoms with van der Waals surface area (Å²) in [6, 6.07) is 7.45. The maximum Gasteiger partial charge on any atom is 0.301 e. The quantitative estimate of drug-likeness (QED) is 0.895. The first-order valence-electron chi connectivity index (χ1n) is 6.07. The Hall–Kier alpha value is -1.11. The minimum absolute atomic E-state index is 0.406. The molecule has 0 atom stereocenters. The summed E-state index contributed by atoms with van der Waals surface area (Å²) in [5.74, 6) is 0. The number of nitrogens with zero attached hydrogens (tertiary/aromatic N) is 1. The number of hydrogen-bond acceptors (Lipinski definition) is 3. The molecule has 0 bridgehead atoms. The van der Waals surface area contributed by atoms with Gasteiger partial charge in [-0.1, -0.05) is 25.1 Å². The van der Waals surface area contributed by atoms with Crippen LogP contribution in [0.1, 0.15) is 12.5 Å². The topological polar surface area (TPSA) is 58.6 Å². The maximum atomic E-state index is 12.2. The lowest BCUT2D eigenvalue weighted by Gasteiger charge is -2.26. The average Bonchev–Trinajstić information content (AvgIpc) is 2.40. The summed E-state index contributed by atoms with van der Waals surface area (Å²) in [5.41, 5.74) is 1.65. The van der Waals surface area contributed by atoms with Crippen LogP contribution in [0.4, 0.5) is 5.69 Å². The highest BCUT2D eigenvalue weighted by Crippen LogP contribution is 2.18. The van der Waals surface area contributed by atoms with E-state index in [1.54, 1.807) is 6.07 Å². The molecule has 1 aromatic rings. The molecule has 0 aromatic heterocycles. The Balaban J connectivity index is 2.16. The molecule has 0 radical (unpaired) electrons. The van der Waals surface area contributed by atoms with Crippen molar-refractivity contribution >= 4 is 15.9 Å². The summed E-state index contributed by atoms with van der Waals surface area (Å²) < 4.78 is 33.6. The van der Waals surface area contributed by atoms with Gasteiger partial charge in [-0.2, -0.15) is 12.7 Å². The Labute approximate surface area is 108 Å². The molecule has 0 unspecified atom stereocenters. The van der Waals surface area contributed by atoms with E-state index < -0.39 is 10.2 Å². The first-order valence-corrected chi connectivity index (χ1v) is 7.51. The second-order valence-electron chi connectivity index (χ2n) is 4.13. The lowest BCUT2D eigenvalue weighted by molar-refractivity contribution is 0.0733. The summed E-state index contributed by atoms with van der Waals surface area (Å²) in [7, 11) is -3.47. The fraction of sp³-hybridized carbons (Fsp3) is 0.500. The van der Waals surface area contributed by atoms with Crippen molar-refractivity contribution in [2.24, 2.45) is 0 Å². The SMILES string of the molecule is CCc1ccccc1NS(=O)(=O)N1CCOCC1. The predicted octanol–water partition coefficient (Wildman–Crippen LogP) is 1.24. The Kier molecular flexibility index (Phi) is 4.21. The molecule has 1 N–H and O–H groups in total. The molecule has 1 aromatic carbocycles. The van der Waals surface area contributed by atoms with Crippen LogP contribution < -0.4 is 4.72 Å². The van der Waals surface area contributed by atoms with Gasteiger partial charge >= 0.3 is 10.2 Å². The molecule has 1 fully saturated rings. The van der Waals surface area contributed by atoms with Crippen molar-refractivity contribution in [2.75, 3.05) is 31.0 Å². The van der Waals surface area contributed by atoms with Gasteiger partial charge in [0.25, 0.3) is 0 Å². The van der Waals surface area contributed by atoms with Crippen LogP contribution in [-0.4, -0.2) is 39.0 Å². The van der Waals surface area contributed by atoms with Gasteiger partial charge in [0.05, 0.1) is 18.9 Å². The van der Waals surface area contributed by atoms with Crippen LogP contribution >= 0.6 is 0 Å². The van der Waals surface area contributed by atoms with Crippen molar-refractivity contribution in [2.45, 2.75) is 13.3 Å². The fourth-order valence-electron chi connectivity index (χ4n) is 1.92. The van der Waals surface area contributed by atoms with E-state index in [4.69, 9.17) is 4.74 Å². The highest BCUT2D eigenvalue weighted by Gasteiger charge is 2.24. The van der Waals surface area contributed by atoms with Crippen LogP contribution in [0, 0.1) is 0 Å². The average molecular weight is 270 g/mol. The van der Waals surface area contributed by atoms with Crippen LogP contribution in [0.15, 0.2) is 24.3 Å². The number of aryl methyl sites for hydroxylation is 1. The molecular formula is C12H18N2O3S.